The van der Waals surface area contributed by atoms with Crippen molar-refractivity contribution in [3.8, 4) is 6.07 Å². The normalized spacial score (nSPS) is 13.9. The molecule has 1 aromatic rings. The standard InChI is InChI=1S/C11H11NO3/c12-5-4-10(14)11(15)9-3-1-2-8(6-9)7-13/h1-3,6-7,10-11,14-15H,4H2. The monoisotopic (exact) mass is 205 g/mol. The first-order chi connectivity index (χ1) is 7.19. The number of hydrogen-bond donors (Lipinski definition) is 2. The van der Waals surface area contributed by atoms with Crippen LogP contribution in [0.15, 0.2) is 24.3 Å². The maximum Gasteiger partial charge on any atom is 0.150 e. The highest BCUT2D eigenvalue weighted by molar-refractivity contribution is 5.74. The Morgan fingerprint density at radius 2 is 2.20 bits per heavy atom. The lowest BCUT2D eigenvalue weighted by Crippen LogP contribution is -2.17. The van der Waals surface area contributed by atoms with Crippen LogP contribution in [0.1, 0.15) is 28.4 Å². The van der Waals surface area contributed by atoms with Crippen LogP contribution in [0.25, 0.3) is 0 Å². The molecule has 4 nitrogen and oxygen atoms in total. The molecule has 0 spiro atoms. The Labute approximate surface area is 87.4 Å². The third kappa shape index (κ3) is 2.88. The number of hydrogen-bond acceptors (Lipinski definition) is 4. The van der Waals surface area contributed by atoms with Gasteiger partial charge in [-0.25, -0.2) is 0 Å². The van der Waals surface area contributed by atoms with Crippen molar-refractivity contribution in [3.05, 3.63) is 35.4 Å². The fraction of sp³-hybridized carbons (Fsp3) is 0.273. The lowest BCUT2D eigenvalue weighted by Gasteiger charge is -2.15. The van der Waals surface area contributed by atoms with Gasteiger partial charge in [0.2, 0.25) is 0 Å². The van der Waals surface area contributed by atoms with E-state index in [9.17, 15) is 15.0 Å². The predicted molar refractivity (Wildman–Crippen MR) is 53.0 cm³/mol. The van der Waals surface area contributed by atoms with Crippen LogP contribution in [-0.2, 0) is 0 Å². The molecule has 0 saturated heterocycles. The summed E-state index contributed by atoms with van der Waals surface area (Å²) < 4.78 is 0. The Hall–Kier alpha value is -1.70. The van der Waals surface area contributed by atoms with E-state index >= 15 is 0 Å². The number of benzene rings is 1. The molecule has 2 unspecified atom stereocenters. The van der Waals surface area contributed by atoms with Gasteiger partial charge in [-0.2, -0.15) is 5.26 Å². The molecular formula is C11H11NO3. The average molecular weight is 205 g/mol. The first kappa shape index (κ1) is 11.4. The molecule has 0 heterocycles. The van der Waals surface area contributed by atoms with Gasteiger partial charge in [-0.05, 0) is 11.6 Å². The lowest BCUT2D eigenvalue weighted by molar-refractivity contribution is 0.0216. The summed E-state index contributed by atoms with van der Waals surface area (Å²) >= 11 is 0. The van der Waals surface area contributed by atoms with Crippen molar-refractivity contribution in [1.82, 2.24) is 0 Å². The second-order valence-corrected chi connectivity index (χ2v) is 3.16. The highest BCUT2D eigenvalue weighted by atomic mass is 16.3. The van der Waals surface area contributed by atoms with E-state index in [-0.39, 0.29) is 6.42 Å². The lowest BCUT2D eigenvalue weighted by atomic mass is 10.0. The molecule has 2 atom stereocenters. The van der Waals surface area contributed by atoms with Gasteiger partial charge < -0.3 is 10.2 Å². The van der Waals surface area contributed by atoms with E-state index in [1.165, 1.54) is 6.07 Å². The van der Waals surface area contributed by atoms with Gasteiger partial charge in [0.25, 0.3) is 0 Å². The molecule has 0 saturated carbocycles. The van der Waals surface area contributed by atoms with E-state index in [4.69, 9.17) is 5.26 Å². The van der Waals surface area contributed by atoms with Crippen LogP contribution in [0, 0.1) is 11.3 Å². The molecule has 0 aliphatic rings. The summed E-state index contributed by atoms with van der Waals surface area (Å²) in [5.41, 5.74) is 0.859. The number of rotatable bonds is 4. The summed E-state index contributed by atoms with van der Waals surface area (Å²) in [6.07, 6.45) is -1.75. The quantitative estimate of drug-likeness (QED) is 0.712. The summed E-state index contributed by atoms with van der Waals surface area (Å²) in [5.74, 6) is 0. The van der Waals surface area contributed by atoms with Gasteiger partial charge in [0.05, 0.1) is 18.6 Å². The second kappa shape index (κ2) is 5.25. The van der Waals surface area contributed by atoms with Crippen LogP contribution in [0.2, 0.25) is 0 Å². The summed E-state index contributed by atoms with van der Waals surface area (Å²) in [6, 6.07) is 8.06. The van der Waals surface area contributed by atoms with Crippen molar-refractivity contribution in [3.63, 3.8) is 0 Å². The SMILES string of the molecule is N#CCC(O)C(O)c1cccc(C=O)c1. The predicted octanol–water partition coefficient (Wildman–Crippen LogP) is 0.807. The fourth-order valence-corrected chi connectivity index (χ4v) is 1.24. The van der Waals surface area contributed by atoms with Crippen molar-refractivity contribution in [2.45, 2.75) is 18.6 Å². The van der Waals surface area contributed by atoms with Crippen LogP contribution in [0.4, 0.5) is 0 Å². The fourth-order valence-electron chi connectivity index (χ4n) is 1.24. The zero-order chi connectivity index (χ0) is 11.3. The topological polar surface area (TPSA) is 81.3 Å². The van der Waals surface area contributed by atoms with Gasteiger partial charge in [0.1, 0.15) is 12.4 Å². The van der Waals surface area contributed by atoms with Crippen molar-refractivity contribution in [1.29, 1.82) is 5.26 Å². The van der Waals surface area contributed by atoms with Gasteiger partial charge in [0.15, 0.2) is 0 Å². The van der Waals surface area contributed by atoms with Crippen molar-refractivity contribution < 1.29 is 15.0 Å². The highest BCUT2D eigenvalue weighted by Crippen LogP contribution is 2.19. The number of aliphatic hydroxyl groups excluding tert-OH is 2. The molecule has 4 heteroatoms. The third-order valence-electron chi connectivity index (χ3n) is 2.05. The molecule has 0 bridgehead atoms. The second-order valence-electron chi connectivity index (χ2n) is 3.16. The number of nitriles is 1. The Bertz CT molecular complexity index is 384. The van der Waals surface area contributed by atoms with E-state index in [1.807, 2.05) is 0 Å². The van der Waals surface area contributed by atoms with Gasteiger partial charge in [0, 0.05) is 5.56 Å². The van der Waals surface area contributed by atoms with Gasteiger partial charge in [-0.1, -0.05) is 18.2 Å². The highest BCUT2D eigenvalue weighted by Gasteiger charge is 2.17. The Balaban J connectivity index is 2.86. The summed E-state index contributed by atoms with van der Waals surface area (Å²) in [6.45, 7) is 0. The third-order valence-corrected chi connectivity index (χ3v) is 2.05. The Morgan fingerprint density at radius 1 is 1.47 bits per heavy atom. The summed E-state index contributed by atoms with van der Waals surface area (Å²) in [7, 11) is 0. The zero-order valence-corrected chi connectivity index (χ0v) is 8.00. The molecule has 0 radical (unpaired) electrons. The molecule has 78 valence electrons. The molecule has 0 aromatic heterocycles. The van der Waals surface area contributed by atoms with Crippen molar-refractivity contribution in [2.75, 3.05) is 0 Å². The van der Waals surface area contributed by atoms with Gasteiger partial charge >= 0.3 is 0 Å². The van der Waals surface area contributed by atoms with Crippen LogP contribution >= 0.6 is 0 Å². The van der Waals surface area contributed by atoms with Crippen LogP contribution in [0.5, 0.6) is 0 Å². The van der Waals surface area contributed by atoms with Crippen LogP contribution in [0.3, 0.4) is 0 Å². The van der Waals surface area contributed by atoms with E-state index < -0.39 is 12.2 Å². The van der Waals surface area contributed by atoms with E-state index in [1.54, 1.807) is 24.3 Å². The van der Waals surface area contributed by atoms with E-state index in [0.29, 0.717) is 17.4 Å². The summed E-state index contributed by atoms with van der Waals surface area (Å²) in [4.78, 5) is 10.5. The zero-order valence-electron chi connectivity index (χ0n) is 8.00. The average Bonchev–Trinajstić information content (AvgIpc) is 2.28. The van der Waals surface area contributed by atoms with Crippen molar-refractivity contribution >= 4 is 6.29 Å². The largest absolute Gasteiger partial charge is 0.389 e. The number of carbonyl (C=O) groups is 1. The summed E-state index contributed by atoms with van der Waals surface area (Å²) in [5, 5.41) is 27.4. The van der Waals surface area contributed by atoms with E-state index in [0.717, 1.165) is 0 Å². The molecular weight excluding hydrogens is 194 g/mol. The molecule has 15 heavy (non-hydrogen) atoms. The molecule has 0 aliphatic carbocycles. The molecule has 0 aliphatic heterocycles. The number of nitrogens with zero attached hydrogens (tertiary/aromatic N) is 1. The Kier molecular flexibility index (Phi) is 3.98. The number of carbonyl (C=O) groups excluding carboxylic acids is 1. The maximum atomic E-state index is 10.5. The maximum absolute atomic E-state index is 10.5. The minimum absolute atomic E-state index is 0.146. The van der Waals surface area contributed by atoms with Gasteiger partial charge in [-0.3, -0.25) is 4.79 Å². The first-order valence-corrected chi connectivity index (χ1v) is 4.47. The van der Waals surface area contributed by atoms with Gasteiger partial charge in [-0.15, -0.1) is 0 Å². The van der Waals surface area contributed by atoms with Crippen molar-refractivity contribution in [2.24, 2.45) is 0 Å². The first-order valence-electron chi connectivity index (χ1n) is 4.47. The molecule has 0 fully saturated rings. The minimum Gasteiger partial charge on any atom is -0.389 e. The van der Waals surface area contributed by atoms with Crippen LogP contribution < -0.4 is 0 Å². The van der Waals surface area contributed by atoms with Crippen LogP contribution in [-0.4, -0.2) is 22.6 Å². The van der Waals surface area contributed by atoms with E-state index in [2.05, 4.69) is 0 Å². The molecule has 0 amide bonds. The molecule has 1 aromatic carbocycles. The smallest absolute Gasteiger partial charge is 0.150 e. The minimum atomic E-state index is -1.13. The molecule has 1 rings (SSSR count). The Morgan fingerprint density at radius 3 is 2.80 bits per heavy atom. The number of aldehydes is 1. The number of aliphatic hydroxyl groups is 2. The molecule has 2 N–H and O–H groups in total.